The Morgan fingerprint density at radius 3 is 2.71 bits per heavy atom. The van der Waals surface area contributed by atoms with E-state index in [1.807, 2.05) is 0 Å². The van der Waals surface area contributed by atoms with E-state index in [1.54, 1.807) is 24.3 Å². The molecular formula is C14H20N4O3. The van der Waals surface area contributed by atoms with E-state index >= 15 is 0 Å². The Bertz CT molecular complexity index is 497. The van der Waals surface area contributed by atoms with Gasteiger partial charge in [-0.3, -0.25) is 4.79 Å². The highest BCUT2D eigenvalue weighted by Crippen LogP contribution is 2.18. The number of nitrogens with zero attached hydrogens (tertiary/aromatic N) is 1. The van der Waals surface area contributed by atoms with Gasteiger partial charge in [0.1, 0.15) is 12.4 Å². The Morgan fingerprint density at radius 1 is 1.38 bits per heavy atom. The number of nitrogens with one attached hydrogen (secondary N) is 2. The quantitative estimate of drug-likeness (QED) is 0.178. The van der Waals surface area contributed by atoms with Crippen LogP contribution >= 0.6 is 0 Å². The van der Waals surface area contributed by atoms with Gasteiger partial charge in [-0.1, -0.05) is 5.16 Å². The lowest BCUT2D eigenvalue weighted by molar-refractivity contribution is -0.120. The van der Waals surface area contributed by atoms with Crippen LogP contribution in [0.4, 0.5) is 0 Å². The minimum Gasteiger partial charge on any atom is -0.492 e. The Balaban J connectivity index is 1.60. The van der Waals surface area contributed by atoms with Crippen LogP contribution in [0, 0.1) is 0 Å². The number of oxime groups is 1. The van der Waals surface area contributed by atoms with E-state index in [0.29, 0.717) is 37.1 Å². The summed E-state index contributed by atoms with van der Waals surface area (Å²) in [6.45, 7) is 1.35. The van der Waals surface area contributed by atoms with Gasteiger partial charge in [0.15, 0.2) is 5.84 Å². The maximum atomic E-state index is 11.4. The molecule has 0 spiro atoms. The van der Waals surface area contributed by atoms with Gasteiger partial charge >= 0.3 is 0 Å². The second-order valence-electron chi connectivity index (χ2n) is 4.88. The lowest BCUT2D eigenvalue weighted by atomic mass is 10.2. The zero-order chi connectivity index (χ0) is 15.1. The standard InChI is InChI=1S/C14H20N4O3/c15-14(18-20)10-1-5-12(6-2-10)21-8-7-16-9-13(19)17-11-3-4-11/h1-2,5-6,11,16,20H,3-4,7-9H2,(H2,15,18)(H,17,19). The third-order valence-corrected chi connectivity index (χ3v) is 3.03. The molecule has 1 aromatic carbocycles. The number of carbonyl (C=O) groups is 1. The molecule has 7 heteroatoms. The van der Waals surface area contributed by atoms with Gasteiger partial charge in [0.2, 0.25) is 5.91 Å². The highest BCUT2D eigenvalue weighted by Gasteiger charge is 2.22. The van der Waals surface area contributed by atoms with E-state index in [9.17, 15) is 4.79 Å². The number of hydrogen-bond donors (Lipinski definition) is 4. The van der Waals surface area contributed by atoms with E-state index in [-0.39, 0.29) is 11.7 Å². The fourth-order valence-corrected chi connectivity index (χ4v) is 1.73. The van der Waals surface area contributed by atoms with E-state index in [1.165, 1.54) is 0 Å². The van der Waals surface area contributed by atoms with E-state index in [0.717, 1.165) is 12.8 Å². The zero-order valence-corrected chi connectivity index (χ0v) is 11.7. The summed E-state index contributed by atoms with van der Waals surface area (Å²) in [7, 11) is 0. The topological polar surface area (TPSA) is 109 Å². The van der Waals surface area contributed by atoms with Crippen molar-refractivity contribution < 1.29 is 14.7 Å². The van der Waals surface area contributed by atoms with Crippen LogP contribution in [0.3, 0.4) is 0 Å². The minimum absolute atomic E-state index is 0.0284. The number of benzene rings is 1. The molecule has 21 heavy (non-hydrogen) atoms. The lowest BCUT2D eigenvalue weighted by Gasteiger charge is -2.08. The molecule has 1 amide bonds. The first-order chi connectivity index (χ1) is 10.2. The third-order valence-electron chi connectivity index (χ3n) is 3.03. The van der Waals surface area contributed by atoms with E-state index in [2.05, 4.69) is 15.8 Å². The van der Waals surface area contributed by atoms with Gasteiger partial charge < -0.3 is 26.3 Å². The van der Waals surface area contributed by atoms with Gasteiger partial charge in [0.05, 0.1) is 6.54 Å². The molecule has 1 aromatic rings. The van der Waals surface area contributed by atoms with Crippen LogP contribution in [0.2, 0.25) is 0 Å². The highest BCUT2D eigenvalue weighted by atomic mass is 16.5. The number of amidine groups is 1. The van der Waals surface area contributed by atoms with Gasteiger partial charge in [-0.15, -0.1) is 0 Å². The Morgan fingerprint density at radius 2 is 2.10 bits per heavy atom. The summed E-state index contributed by atoms with van der Waals surface area (Å²) >= 11 is 0. The van der Waals surface area contributed by atoms with E-state index < -0.39 is 0 Å². The molecule has 7 nitrogen and oxygen atoms in total. The molecule has 5 N–H and O–H groups in total. The molecule has 0 unspecified atom stereocenters. The largest absolute Gasteiger partial charge is 0.492 e. The van der Waals surface area contributed by atoms with Gasteiger partial charge in [0.25, 0.3) is 0 Å². The number of hydrogen-bond acceptors (Lipinski definition) is 5. The Labute approximate surface area is 123 Å². The SMILES string of the molecule is NC(=NO)c1ccc(OCCNCC(=O)NC2CC2)cc1. The smallest absolute Gasteiger partial charge is 0.234 e. The summed E-state index contributed by atoms with van der Waals surface area (Å²) in [5.41, 5.74) is 6.09. The summed E-state index contributed by atoms with van der Waals surface area (Å²) < 4.78 is 5.51. The normalized spacial score (nSPS) is 14.8. The first-order valence-corrected chi connectivity index (χ1v) is 6.90. The van der Waals surface area contributed by atoms with Crippen molar-refractivity contribution in [1.82, 2.24) is 10.6 Å². The van der Waals surface area contributed by atoms with Gasteiger partial charge in [-0.05, 0) is 37.1 Å². The molecule has 1 aliphatic rings. The molecular weight excluding hydrogens is 272 g/mol. The fraction of sp³-hybridized carbons (Fsp3) is 0.429. The first kappa shape index (κ1) is 15.1. The maximum absolute atomic E-state index is 11.4. The van der Waals surface area contributed by atoms with Crippen LogP contribution in [-0.2, 0) is 4.79 Å². The predicted octanol–water partition coefficient (Wildman–Crippen LogP) is 0.0281. The predicted molar refractivity (Wildman–Crippen MR) is 78.5 cm³/mol. The number of carbonyl (C=O) groups excluding carboxylic acids is 1. The molecule has 2 rings (SSSR count). The summed E-state index contributed by atoms with van der Waals surface area (Å²) in [6, 6.07) is 7.30. The van der Waals surface area contributed by atoms with Gasteiger partial charge in [-0.25, -0.2) is 0 Å². The van der Waals surface area contributed by atoms with Crippen molar-refractivity contribution in [1.29, 1.82) is 0 Å². The molecule has 0 bridgehead atoms. The first-order valence-electron chi connectivity index (χ1n) is 6.90. The van der Waals surface area contributed by atoms with Crippen LogP contribution in [-0.4, -0.2) is 42.7 Å². The number of nitrogens with two attached hydrogens (primary N) is 1. The van der Waals surface area contributed by atoms with Crippen molar-refractivity contribution in [2.45, 2.75) is 18.9 Å². The van der Waals surface area contributed by atoms with Crippen LogP contribution < -0.4 is 21.1 Å². The van der Waals surface area contributed by atoms with Crippen molar-refractivity contribution in [2.24, 2.45) is 10.9 Å². The summed E-state index contributed by atoms with van der Waals surface area (Å²) in [5, 5.41) is 17.4. The monoisotopic (exact) mass is 292 g/mol. The van der Waals surface area contributed by atoms with Crippen molar-refractivity contribution in [3.8, 4) is 5.75 Å². The molecule has 0 aliphatic heterocycles. The molecule has 0 radical (unpaired) electrons. The molecule has 0 saturated heterocycles. The minimum atomic E-state index is 0.0284. The van der Waals surface area contributed by atoms with Crippen LogP contribution in [0.5, 0.6) is 5.75 Å². The molecule has 0 heterocycles. The molecule has 1 fully saturated rings. The molecule has 1 aliphatic carbocycles. The average Bonchev–Trinajstić information content (AvgIpc) is 3.30. The maximum Gasteiger partial charge on any atom is 0.234 e. The van der Waals surface area contributed by atoms with Crippen LogP contribution in [0.25, 0.3) is 0 Å². The van der Waals surface area contributed by atoms with Crippen molar-refractivity contribution in [3.05, 3.63) is 29.8 Å². The van der Waals surface area contributed by atoms with Crippen molar-refractivity contribution in [3.63, 3.8) is 0 Å². The van der Waals surface area contributed by atoms with Crippen LogP contribution in [0.15, 0.2) is 29.4 Å². The zero-order valence-electron chi connectivity index (χ0n) is 11.7. The van der Waals surface area contributed by atoms with Gasteiger partial charge in [-0.2, -0.15) is 0 Å². The number of ether oxygens (including phenoxy) is 1. The summed E-state index contributed by atoms with van der Waals surface area (Å²) in [5.74, 6) is 0.777. The van der Waals surface area contributed by atoms with Crippen molar-refractivity contribution >= 4 is 11.7 Å². The van der Waals surface area contributed by atoms with Crippen molar-refractivity contribution in [2.75, 3.05) is 19.7 Å². The fourth-order valence-electron chi connectivity index (χ4n) is 1.73. The van der Waals surface area contributed by atoms with E-state index in [4.69, 9.17) is 15.7 Å². The highest BCUT2D eigenvalue weighted by molar-refractivity contribution is 5.97. The molecule has 0 aromatic heterocycles. The second-order valence-corrected chi connectivity index (χ2v) is 4.88. The second kappa shape index (κ2) is 7.49. The van der Waals surface area contributed by atoms with Crippen LogP contribution in [0.1, 0.15) is 18.4 Å². The average molecular weight is 292 g/mol. The molecule has 0 atom stereocenters. The number of rotatable bonds is 8. The lowest BCUT2D eigenvalue weighted by Crippen LogP contribution is -2.36. The Hall–Kier alpha value is -2.28. The van der Waals surface area contributed by atoms with Gasteiger partial charge in [0, 0.05) is 18.2 Å². The third kappa shape index (κ3) is 5.31. The number of amides is 1. The Kier molecular flexibility index (Phi) is 5.39. The molecule has 114 valence electrons. The summed E-state index contributed by atoms with van der Waals surface area (Å²) in [4.78, 5) is 11.4. The summed E-state index contributed by atoms with van der Waals surface area (Å²) in [6.07, 6.45) is 2.19. The molecule has 1 saturated carbocycles.